The first-order chi connectivity index (χ1) is 17.4. The van der Waals surface area contributed by atoms with E-state index >= 15 is 0 Å². The monoisotopic (exact) mass is 507 g/mol. The van der Waals surface area contributed by atoms with Crippen molar-refractivity contribution in [2.75, 3.05) is 11.9 Å². The first kappa shape index (κ1) is 29.4. The topological polar surface area (TPSA) is 108 Å². The molecule has 2 rings (SSSR count). The quantitative estimate of drug-likeness (QED) is 0.442. The fourth-order valence-corrected chi connectivity index (χ4v) is 3.73. The molecular formula is C29H37N3O5. The first-order valence-electron chi connectivity index (χ1n) is 12.3. The number of benzene rings is 2. The van der Waals surface area contributed by atoms with Gasteiger partial charge in [-0.1, -0.05) is 43.2 Å². The van der Waals surface area contributed by atoms with E-state index in [9.17, 15) is 19.5 Å². The van der Waals surface area contributed by atoms with Crippen LogP contribution in [0.1, 0.15) is 63.8 Å². The van der Waals surface area contributed by atoms with Crippen LogP contribution < -0.4 is 10.6 Å². The van der Waals surface area contributed by atoms with Crippen LogP contribution in [0.25, 0.3) is 0 Å². The maximum Gasteiger partial charge on any atom is 0.408 e. The minimum atomic E-state index is -1.32. The number of alkyl carbamates (subject to hydrolysis) is 1. The summed E-state index contributed by atoms with van der Waals surface area (Å²) in [5, 5.41) is 15.4. The molecule has 0 aliphatic carbocycles. The summed E-state index contributed by atoms with van der Waals surface area (Å²) in [5.41, 5.74) is 1.84. The minimum Gasteiger partial charge on any atom is -0.444 e. The maximum absolute atomic E-state index is 13.8. The van der Waals surface area contributed by atoms with Crippen LogP contribution in [0.2, 0.25) is 0 Å². The molecule has 0 heterocycles. The van der Waals surface area contributed by atoms with Crippen LogP contribution in [0.15, 0.2) is 48.5 Å². The number of anilines is 1. The highest BCUT2D eigenvalue weighted by molar-refractivity contribution is 5.99. The number of nitrogens with one attached hydrogen (secondary N) is 2. The maximum atomic E-state index is 13.8. The summed E-state index contributed by atoms with van der Waals surface area (Å²) in [6.07, 6.45) is 5.18. The van der Waals surface area contributed by atoms with Crippen LogP contribution in [0, 0.1) is 19.3 Å². The van der Waals surface area contributed by atoms with E-state index in [1.165, 1.54) is 4.90 Å². The van der Waals surface area contributed by atoms with Crippen molar-refractivity contribution < 1.29 is 24.2 Å². The highest BCUT2D eigenvalue weighted by Crippen LogP contribution is 2.28. The van der Waals surface area contributed by atoms with Gasteiger partial charge in [0.15, 0.2) is 0 Å². The average molecular weight is 508 g/mol. The predicted octanol–water partition coefficient (Wildman–Crippen LogP) is 4.17. The fraction of sp³-hybridized carbons (Fsp3) is 0.414. The highest BCUT2D eigenvalue weighted by Gasteiger charge is 2.38. The van der Waals surface area contributed by atoms with Gasteiger partial charge in [0, 0.05) is 17.3 Å². The molecule has 2 aromatic carbocycles. The summed E-state index contributed by atoms with van der Waals surface area (Å²) in [6, 6.07) is 11.3. The lowest BCUT2D eigenvalue weighted by Gasteiger charge is -2.38. The van der Waals surface area contributed by atoms with Crippen molar-refractivity contribution in [2.24, 2.45) is 0 Å². The van der Waals surface area contributed by atoms with Crippen LogP contribution in [0.4, 0.5) is 10.5 Å². The van der Waals surface area contributed by atoms with Gasteiger partial charge in [-0.3, -0.25) is 9.59 Å². The molecular weight excluding hydrogens is 470 g/mol. The number of hydrogen-bond acceptors (Lipinski definition) is 5. The summed E-state index contributed by atoms with van der Waals surface area (Å²) in [5.74, 6) is 1.49. The Morgan fingerprint density at radius 2 is 1.73 bits per heavy atom. The lowest BCUT2D eigenvalue weighted by Crippen LogP contribution is -2.56. The summed E-state index contributed by atoms with van der Waals surface area (Å²) in [4.78, 5) is 41.4. The van der Waals surface area contributed by atoms with Crippen LogP contribution in [-0.4, -0.2) is 52.2 Å². The number of carbonyl (C=O) groups is 3. The molecule has 0 aliphatic rings. The largest absolute Gasteiger partial charge is 0.444 e. The zero-order valence-electron chi connectivity index (χ0n) is 22.4. The Morgan fingerprint density at radius 1 is 1.11 bits per heavy atom. The smallest absolute Gasteiger partial charge is 0.408 e. The summed E-state index contributed by atoms with van der Waals surface area (Å²) < 4.78 is 5.27. The fourth-order valence-electron chi connectivity index (χ4n) is 3.73. The van der Waals surface area contributed by atoms with Gasteiger partial charge in [-0.2, -0.15) is 0 Å². The molecule has 3 N–H and O–H groups in total. The number of para-hydroxylation sites is 1. The van der Waals surface area contributed by atoms with Gasteiger partial charge in [0.05, 0.1) is 6.61 Å². The molecule has 3 unspecified atom stereocenters. The SMILES string of the molecule is C#Cc1ccc(C(C(=O)Nc2ccccc2C)N(C(=O)C(CO)NC(=O)OC(C)(C)C)C(C)CC)cc1. The molecule has 0 radical (unpaired) electrons. The van der Waals surface area contributed by atoms with Crippen molar-refractivity contribution in [3.63, 3.8) is 0 Å². The van der Waals surface area contributed by atoms with E-state index in [-0.39, 0.29) is 0 Å². The lowest BCUT2D eigenvalue weighted by molar-refractivity contribution is -0.144. The van der Waals surface area contributed by atoms with Gasteiger partial charge >= 0.3 is 6.09 Å². The minimum absolute atomic E-state index is 0.415. The van der Waals surface area contributed by atoms with E-state index in [0.717, 1.165) is 5.56 Å². The molecule has 8 nitrogen and oxygen atoms in total. The summed E-state index contributed by atoms with van der Waals surface area (Å²) >= 11 is 0. The third-order valence-electron chi connectivity index (χ3n) is 5.81. The number of carbonyl (C=O) groups excluding carboxylic acids is 3. The van der Waals surface area contributed by atoms with Crippen molar-refractivity contribution in [3.8, 4) is 12.3 Å². The zero-order valence-corrected chi connectivity index (χ0v) is 22.4. The standard InChI is InChI=1S/C29H37N3O5/c1-8-20(4)32(27(35)24(18-33)31-28(36)37-29(5,6)7)25(22-16-14-21(9-2)15-17-22)26(34)30-23-13-11-10-12-19(23)3/h2,10-17,20,24-25,33H,8,18H2,1,3-7H3,(H,30,34)(H,31,36). The summed E-state index contributed by atoms with van der Waals surface area (Å²) in [6.45, 7) is 9.98. The molecule has 198 valence electrons. The Bertz CT molecular complexity index is 1130. The van der Waals surface area contributed by atoms with Gasteiger partial charge in [-0.25, -0.2) is 4.79 Å². The molecule has 0 aliphatic heterocycles. The number of ether oxygens (including phenoxy) is 1. The van der Waals surface area contributed by atoms with E-state index in [4.69, 9.17) is 11.2 Å². The van der Waals surface area contributed by atoms with E-state index < -0.39 is 48.2 Å². The van der Waals surface area contributed by atoms with Crippen LogP contribution >= 0.6 is 0 Å². The highest BCUT2D eigenvalue weighted by atomic mass is 16.6. The molecule has 3 amide bonds. The number of terminal acetylenes is 1. The van der Waals surface area contributed by atoms with Gasteiger partial charge in [0.1, 0.15) is 17.7 Å². The number of amides is 3. The molecule has 8 heteroatoms. The molecule has 3 atom stereocenters. The zero-order chi connectivity index (χ0) is 27.8. The van der Waals surface area contributed by atoms with E-state index in [1.807, 2.05) is 39.0 Å². The second kappa shape index (κ2) is 12.9. The molecule has 2 aromatic rings. The Hall–Kier alpha value is -3.83. The molecule has 0 saturated heterocycles. The molecule has 0 bridgehead atoms. The Balaban J connectivity index is 2.53. The van der Waals surface area contributed by atoms with Crippen molar-refractivity contribution in [2.45, 2.75) is 71.7 Å². The summed E-state index contributed by atoms with van der Waals surface area (Å²) in [7, 11) is 0. The second-order valence-corrected chi connectivity index (χ2v) is 9.86. The Labute approximate surface area is 219 Å². The number of hydrogen-bond donors (Lipinski definition) is 3. The van der Waals surface area contributed by atoms with Gasteiger partial charge in [-0.05, 0) is 70.4 Å². The first-order valence-corrected chi connectivity index (χ1v) is 12.3. The number of aryl methyl sites for hydroxylation is 1. The lowest BCUT2D eigenvalue weighted by atomic mass is 9.98. The number of nitrogens with zero attached hydrogens (tertiary/aromatic N) is 1. The molecule has 0 fully saturated rings. The van der Waals surface area contributed by atoms with Gasteiger partial charge in [0.25, 0.3) is 5.91 Å². The Morgan fingerprint density at radius 3 is 2.24 bits per heavy atom. The van der Waals surface area contributed by atoms with Crippen molar-refractivity contribution >= 4 is 23.6 Å². The van der Waals surface area contributed by atoms with Gasteiger partial charge < -0.3 is 25.4 Å². The van der Waals surface area contributed by atoms with Crippen LogP contribution in [0.3, 0.4) is 0 Å². The number of rotatable bonds is 9. The van der Waals surface area contributed by atoms with Crippen LogP contribution in [-0.2, 0) is 14.3 Å². The van der Waals surface area contributed by atoms with Gasteiger partial charge in [0.2, 0.25) is 5.91 Å². The van der Waals surface area contributed by atoms with E-state index in [1.54, 1.807) is 51.1 Å². The third-order valence-corrected chi connectivity index (χ3v) is 5.81. The van der Waals surface area contributed by atoms with Crippen LogP contribution in [0.5, 0.6) is 0 Å². The molecule has 37 heavy (non-hydrogen) atoms. The van der Waals surface area contributed by atoms with Gasteiger partial charge in [-0.15, -0.1) is 6.42 Å². The van der Waals surface area contributed by atoms with E-state index in [2.05, 4.69) is 16.6 Å². The average Bonchev–Trinajstić information content (AvgIpc) is 2.85. The number of aliphatic hydroxyl groups excluding tert-OH is 1. The van der Waals surface area contributed by atoms with Crippen molar-refractivity contribution in [1.29, 1.82) is 0 Å². The molecule has 0 aromatic heterocycles. The number of aliphatic hydroxyl groups is 1. The second-order valence-electron chi connectivity index (χ2n) is 9.86. The third kappa shape index (κ3) is 8.09. The molecule has 0 spiro atoms. The van der Waals surface area contributed by atoms with Crippen molar-refractivity contribution in [3.05, 3.63) is 65.2 Å². The normalized spacial score (nSPS) is 13.5. The Kier molecular flexibility index (Phi) is 10.3. The predicted molar refractivity (Wildman–Crippen MR) is 144 cm³/mol. The van der Waals surface area contributed by atoms with Crippen molar-refractivity contribution in [1.82, 2.24) is 10.2 Å². The molecule has 0 saturated carbocycles. The van der Waals surface area contributed by atoms with E-state index in [0.29, 0.717) is 23.2 Å².